The van der Waals surface area contributed by atoms with Crippen molar-refractivity contribution >= 4 is 27.8 Å². The van der Waals surface area contributed by atoms with Crippen molar-refractivity contribution in [2.75, 3.05) is 26.0 Å². The van der Waals surface area contributed by atoms with Crippen LogP contribution in [0.5, 0.6) is 0 Å². The molecule has 0 aliphatic carbocycles. The fourth-order valence-electron chi connectivity index (χ4n) is 2.84. The van der Waals surface area contributed by atoms with Crippen LogP contribution in [0.25, 0.3) is 0 Å². The number of hydrogen-bond acceptors (Lipinski definition) is 6. The average Bonchev–Trinajstić information content (AvgIpc) is 2.51. The largest absolute Gasteiger partial charge is 0.444 e. The number of amides is 1. The fraction of sp³-hybridized carbons (Fsp3) is 0.647. The summed E-state index contributed by atoms with van der Waals surface area (Å²) in [5.41, 5.74) is -0.538. The lowest BCUT2D eigenvalue weighted by Crippen LogP contribution is -2.49. The number of aromatic nitrogens is 1. The normalized spacial score (nSPS) is 17.8. The molecular formula is C17H25ClN2O5S. The third-order valence-corrected chi connectivity index (χ3v) is 4.94. The number of rotatable bonds is 4. The molecule has 1 aliphatic rings. The molecule has 146 valence electrons. The molecule has 0 N–H and O–H groups in total. The minimum Gasteiger partial charge on any atom is -0.444 e. The Labute approximate surface area is 159 Å². The van der Waals surface area contributed by atoms with E-state index in [9.17, 15) is 13.2 Å². The van der Waals surface area contributed by atoms with Crippen LogP contribution in [0.1, 0.15) is 39.3 Å². The first kappa shape index (κ1) is 20.9. The van der Waals surface area contributed by atoms with E-state index in [1.165, 1.54) is 0 Å². The number of halogens is 1. The van der Waals surface area contributed by atoms with Crippen LogP contribution in [0, 0.1) is 0 Å². The molecule has 1 amide bonds. The van der Waals surface area contributed by atoms with Crippen molar-refractivity contribution in [2.24, 2.45) is 0 Å². The van der Waals surface area contributed by atoms with Crippen molar-refractivity contribution in [3.63, 3.8) is 0 Å². The second-order valence-electron chi connectivity index (χ2n) is 7.56. The number of likely N-dealkylation sites (tertiary alicyclic amines) is 1. The van der Waals surface area contributed by atoms with E-state index in [4.69, 9.17) is 20.5 Å². The summed E-state index contributed by atoms with van der Waals surface area (Å²) >= 11 is 6.01. The molecule has 0 saturated carbocycles. The Morgan fingerprint density at radius 2 is 1.92 bits per heavy atom. The van der Waals surface area contributed by atoms with Crippen LogP contribution in [-0.2, 0) is 24.5 Å². The van der Waals surface area contributed by atoms with Crippen LogP contribution in [0.3, 0.4) is 0 Å². The highest BCUT2D eigenvalue weighted by Crippen LogP contribution is 2.36. The van der Waals surface area contributed by atoms with Crippen LogP contribution in [0.4, 0.5) is 4.79 Å². The molecular weight excluding hydrogens is 380 g/mol. The van der Waals surface area contributed by atoms with Gasteiger partial charge in [-0.15, -0.1) is 0 Å². The summed E-state index contributed by atoms with van der Waals surface area (Å²) in [7, 11) is -3.60. The smallest absolute Gasteiger partial charge is 0.410 e. The van der Waals surface area contributed by atoms with Gasteiger partial charge in [0.1, 0.15) is 10.8 Å². The highest BCUT2D eigenvalue weighted by atomic mass is 35.5. The van der Waals surface area contributed by atoms with Gasteiger partial charge >= 0.3 is 6.09 Å². The van der Waals surface area contributed by atoms with Crippen molar-refractivity contribution in [1.82, 2.24) is 9.88 Å². The number of carbonyl (C=O) groups excluding carboxylic acids is 1. The van der Waals surface area contributed by atoms with E-state index in [-0.39, 0.29) is 12.7 Å². The minimum absolute atomic E-state index is 0.0403. The van der Waals surface area contributed by atoms with Gasteiger partial charge in [-0.3, -0.25) is 4.18 Å². The maximum absolute atomic E-state index is 12.3. The first-order chi connectivity index (χ1) is 11.9. The molecule has 26 heavy (non-hydrogen) atoms. The van der Waals surface area contributed by atoms with Gasteiger partial charge in [-0.1, -0.05) is 17.7 Å². The zero-order chi connectivity index (χ0) is 19.6. The number of pyridine rings is 1. The third kappa shape index (κ3) is 5.82. The summed E-state index contributed by atoms with van der Waals surface area (Å²) < 4.78 is 33.5. The zero-order valence-electron chi connectivity index (χ0n) is 15.5. The molecule has 1 aromatic heterocycles. The number of ether oxygens (including phenoxy) is 1. The van der Waals surface area contributed by atoms with Gasteiger partial charge in [0.05, 0.1) is 18.6 Å². The van der Waals surface area contributed by atoms with Crippen LogP contribution in [0.15, 0.2) is 18.2 Å². The molecule has 1 saturated heterocycles. The molecule has 2 rings (SSSR count). The van der Waals surface area contributed by atoms with Gasteiger partial charge in [-0.2, -0.15) is 8.42 Å². The lowest BCUT2D eigenvalue weighted by atomic mass is 9.76. The molecule has 0 atom stereocenters. The SMILES string of the molecule is CC(C)(C)OC(=O)N1CCC(COS(C)(=O)=O)(c2cccc(Cl)n2)CC1. The molecule has 0 aromatic carbocycles. The summed E-state index contributed by atoms with van der Waals surface area (Å²) in [5.74, 6) is 0. The highest BCUT2D eigenvalue weighted by molar-refractivity contribution is 7.85. The average molecular weight is 405 g/mol. The summed E-state index contributed by atoms with van der Waals surface area (Å²) in [6.07, 6.45) is 1.63. The molecule has 1 fully saturated rings. The van der Waals surface area contributed by atoms with Gasteiger partial charge in [0, 0.05) is 18.5 Å². The second-order valence-corrected chi connectivity index (χ2v) is 9.59. The standard InChI is InChI=1S/C17H25ClN2O5S/c1-16(2,3)25-15(21)20-10-8-17(9-11-20,12-24-26(4,22)23)13-6-5-7-14(18)19-13/h5-7H,8-12H2,1-4H3. The Morgan fingerprint density at radius 3 is 2.42 bits per heavy atom. The number of nitrogens with zero attached hydrogens (tertiary/aromatic N) is 2. The first-order valence-electron chi connectivity index (χ1n) is 8.36. The molecule has 0 spiro atoms. The highest BCUT2D eigenvalue weighted by Gasteiger charge is 2.40. The monoisotopic (exact) mass is 404 g/mol. The quantitative estimate of drug-likeness (QED) is 0.566. The molecule has 0 bridgehead atoms. The predicted molar refractivity (Wildman–Crippen MR) is 98.8 cm³/mol. The Kier molecular flexibility index (Phi) is 6.20. The topological polar surface area (TPSA) is 85.8 Å². The maximum atomic E-state index is 12.3. The zero-order valence-corrected chi connectivity index (χ0v) is 17.1. The molecule has 7 nitrogen and oxygen atoms in total. The van der Waals surface area contributed by atoms with Gasteiger partial charge in [0.2, 0.25) is 0 Å². The van der Waals surface area contributed by atoms with Gasteiger partial charge in [-0.05, 0) is 45.7 Å². The molecule has 2 heterocycles. The van der Waals surface area contributed by atoms with Crippen LogP contribution in [-0.4, -0.2) is 55.9 Å². The Hall–Kier alpha value is -1.38. The maximum Gasteiger partial charge on any atom is 0.410 e. The van der Waals surface area contributed by atoms with Gasteiger partial charge in [0.25, 0.3) is 10.1 Å². The predicted octanol–water partition coefficient (Wildman–Crippen LogP) is 2.98. The Bertz CT molecular complexity index is 753. The summed E-state index contributed by atoms with van der Waals surface area (Å²) in [6.45, 7) is 6.23. The van der Waals surface area contributed by atoms with Crippen molar-refractivity contribution in [1.29, 1.82) is 0 Å². The van der Waals surface area contributed by atoms with Crippen LogP contribution < -0.4 is 0 Å². The van der Waals surface area contributed by atoms with E-state index >= 15 is 0 Å². The van der Waals surface area contributed by atoms with Gasteiger partial charge in [-0.25, -0.2) is 9.78 Å². The Balaban J connectivity index is 2.19. The molecule has 1 aromatic rings. The van der Waals surface area contributed by atoms with Crippen LogP contribution in [0.2, 0.25) is 5.15 Å². The number of hydrogen-bond donors (Lipinski definition) is 0. The Morgan fingerprint density at radius 1 is 1.31 bits per heavy atom. The van der Waals surface area contributed by atoms with E-state index in [1.54, 1.807) is 23.1 Å². The van der Waals surface area contributed by atoms with Gasteiger partial charge < -0.3 is 9.64 Å². The van der Waals surface area contributed by atoms with E-state index < -0.39 is 21.1 Å². The minimum atomic E-state index is -3.60. The van der Waals surface area contributed by atoms with Gasteiger partial charge in [0.15, 0.2) is 0 Å². The third-order valence-electron chi connectivity index (χ3n) is 4.18. The number of carbonyl (C=O) groups is 1. The van der Waals surface area contributed by atoms with E-state index in [2.05, 4.69) is 4.98 Å². The molecule has 0 unspecified atom stereocenters. The lowest BCUT2D eigenvalue weighted by molar-refractivity contribution is 0.0131. The first-order valence-corrected chi connectivity index (χ1v) is 10.6. The summed E-state index contributed by atoms with van der Waals surface area (Å²) in [5, 5.41) is 0.329. The summed E-state index contributed by atoms with van der Waals surface area (Å²) in [4.78, 5) is 18.2. The molecule has 9 heteroatoms. The van der Waals surface area contributed by atoms with Crippen molar-refractivity contribution in [3.05, 3.63) is 29.0 Å². The van der Waals surface area contributed by atoms with E-state index in [0.717, 1.165) is 6.26 Å². The van der Waals surface area contributed by atoms with Crippen molar-refractivity contribution < 1.29 is 22.1 Å². The second kappa shape index (κ2) is 7.70. The fourth-order valence-corrected chi connectivity index (χ4v) is 3.45. The van der Waals surface area contributed by atoms with E-state index in [0.29, 0.717) is 36.8 Å². The number of piperidine rings is 1. The van der Waals surface area contributed by atoms with Crippen molar-refractivity contribution in [2.45, 2.75) is 44.6 Å². The molecule has 1 aliphatic heterocycles. The lowest BCUT2D eigenvalue weighted by Gasteiger charge is -2.41. The van der Waals surface area contributed by atoms with Crippen molar-refractivity contribution in [3.8, 4) is 0 Å². The molecule has 0 radical (unpaired) electrons. The van der Waals surface area contributed by atoms with Crippen LogP contribution >= 0.6 is 11.6 Å². The summed E-state index contributed by atoms with van der Waals surface area (Å²) in [6, 6.07) is 5.24. The van der Waals surface area contributed by atoms with E-state index in [1.807, 2.05) is 20.8 Å².